The smallest absolute Gasteiger partial charge is 0.381 e. The SMILES string of the molecule is CC(F)(F)C(F)(F)C(F)(F)C(F)(F)C=CC(=O)O. The predicted molar refractivity (Wildman–Crippen MR) is 42.2 cm³/mol. The predicted octanol–water partition coefficient (Wildman–Crippen LogP) is 3.19. The van der Waals surface area contributed by atoms with Gasteiger partial charge in [0.1, 0.15) is 0 Å². The van der Waals surface area contributed by atoms with Gasteiger partial charge in [-0.1, -0.05) is 0 Å². The molecule has 0 amide bonds. The fourth-order valence-corrected chi connectivity index (χ4v) is 0.766. The Morgan fingerprint density at radius 1 is 0.944 bits per heavy atom. The molecule has 0 spiro atoms. The molecule has 106 valence electrons. The van der Waals surface area contributed by atoms with Crippen LogP contribution in [-0.4, -0.2) is 34.8 Å². The molecule has 0 saturated carbocycles. The number of rotatable bonds is 5. The summed E-state index contributed by atoms with van der Waals surface area (Å²) in [5.74, 6) is -26.1. The fraction of sp³-hybridized carbons (Fsp3) is 0.625. The van der Waals surface area contributed by atoms with Crippen molar-refractivity contribution in [1.29, 1.82) is 0 Å². The fourth-order valence-electron chi connectivity index (χ4n) is 0.766. The lowest BCUT2D eigenvalue weighted by Crippen LogP contribution is -2.60. The van der Waals surface area contributed by atoms with E-state index in [0.29, 0.717) is 0 Å². The van der Waals surface area contributed by atoms with Gasteiger partial charge in [0.2, 0.25) is 0 Å². The molecule has 0 radical (unpaired) electrons. The molecule has 0 aliphatic heterocycles. The minimum Gasteiger partial charge on any atom is -0.478 e. The number of carboxylic acid groups (broad SMARTS) is 1. The Balaban J connectivity index is 5.57. The third kappa shape index (κ3) is 2.72. The van der Waals surface area contributed by atoms with E-state index in [2.05, 4.69) is 0 Å². The number of halogens is 8. The molecule has 0 saturated heterocycles. The quantitative estimate of drug-likeness (QED) is 0.622. The van der Waals surface area contributed by atoms with Crippen molar-refractivity contribution >= 4 is 5.97 Å². The summed E-state index contributed by atoms with van der Waals surface area (Å²) >= 11 is 0. The number of hydrogen-bond acceptors (Lipinski definition) is 1. The van der Waals surface area contributed by atoms with E-state index in [4.69, 9.17) is 5.11 Å². The van der Waals surface area contributed by atoms with E-state index >= 15 is 0 Å². The number of carboxylic acids is 1. The van der Waals surface area contributed by atoms with Crippen molar-refractivity contribution in [2.75, 3.05) is 0 Å². The van der Waals surface area contributed by atoms with Crippen LogP contribution in [0.5, 0.6) is 0 Å². The van der Waals surface area contributed by atoms with Crippen LogP contribution in [0.3, 0.4) is 0 Å². The first kappa shape index (κ1) is 16.6. The van der Waals surface area contributed by atoms with Crippen molar-refractivity contribution in [1.82, 2.24) is 0 Å². The molecule has 1 N–H and O–H groups in total. The van der Waals surface area contributed by atoms with E-state index in [0.717, 1.165) is 0 Å². The Morgan fingerprint density at radius 3 is 1.61 bits per heavy atom. The molecule has 0 atom stereocenters. The lowest BCUT2D eigenvalue weighted by atomic mass is 9.99. The molecule has 0 aromatic carbocycles. The Bertz CT molecular complexity index is 355. The standard InChI is InChI=1S/C8H6F8O2/c1-5(9,10)7(13,14)8(15,16)6(11,12)3-2-4(17)18/h2-3H,1H3,(H,17,18). The molecular weight excluding hydrogens is 280 g/mol. The van der Waals surface area contributed by atoms with Gasteiger partial charge >= 0.3 is 29.7 Å². The average Bonchev–Trinajstić information content (AvgIpc) is 2.12. The van der Waals surface area contributed by atoms with Gasteiger partial charge in [0.25, 0.3) is 0 Å². The van der Waals surface area contributed by atoms with Gasteiger partial charge in [-0.2, -0.15) is 35.1 Å². The van der Waals surface area contributed by atoms with Crippen LogP contribution < -0.4 is 0 Å². The summed E-state index contributed by atoms with van der Waals surface area (Å²) in [7, 11) is 0. The topological polar surface area (TPSA) is 37.3 Å². The monoisotopic (exact) mass is 286 g/mol. The lowest BCUT2D eigenvalue weighted by molar-refractivity contribution is -0.351. The molecule has 0 aliphatic carbocycles. The highest BCUT2D eigenvalue weighted by molar-refractivity contribution is 5.79. The van der Waals surface area contributed by atoms with Crippen molar-refractivity contribution in [3.05, 3.63) is 12.2 Å². The highest BCUT2D eigenvalue weighted by Crippen LogP contribution is 2.52. The van der Waals surface area contributed by atoms with E-state index in [9.17, 15) is 39.9 Å². The summed E-state index contributed by atoms with van der Waals surface area (Å²) in [5, 5.41) is 7.90. The first-order chi connectivity index (χ1) is 7.67. The van der Waals surface area contributed by atoms with Crippen molar-refractivity contribution in [3.8, 4) is 0 Å². The average molecular weight is 286 g/mol. The zero-order valence-electron chi connectivity index (χ0n) is 8.53. The number of carbonyl (C=O) groups is 1. The number of alkyl halides is 8. The molecule has 0 heterocycles. The molecule has 0 aromatic rings. The molecule has 0 rings (SSSR count). The summed E-state index contributed by atoms with van der Waals surface area (Å²) < 4.78 is 100. The molecule has 18 heavy (non-hydrogen) atoms. The third-order valence-electron chi connectivity index (χ3n) is 1.80. The van der Waals surface area contributed by atoms with Gasteiger partial charge in [-0.05, 0) is 6.08 Å². The maximum absolute atomic E-state index is 12.7. The number of allylic oxidation sites excluding steroid dienone is 1. The van der Waals surface area contributed by atoms with Crippen molar-refractivity contribution in [2.45, 2.75) is 30.6 Å². The van der Waals surface area contributed by atoms with Crippen LogP contribution in [0, 0.1) is 0 Å². The molecule has 0 fully saturated rings. The van der Waals surface area contributed by atoms with E-state index in [1.54, 1.807) is 0 Å². The Hall–Kier alpha value is -1.35. The third-order valence-corrected chi connectivity index (χ3v) is 1.80. The van der Waals surface area contributed by atoms with E-state index in [1.165, 1.54) is 0 Å². The van der Waals surface area contributed by atoms with Gasteiger partial charge in [0, 0.05) is 13.0 Å². The lowest BCUT2D eigenvalue weighted by Gasteiger charge is -2.34. The van der Waals surface area contributed by atoms with Crippen LogP contribution in [0.1, 0.15) is 6.92 Å². The Labute approximate surface area is 94.9 Å². The van der Waals surface area contributed by atoms with Crippen LogP contribution in [0.2, 0.25) is 0 Å². The van der Waals surface area contributed by atoms with Crippen molar-refractivity contribution in [3.63, 3.8) is 0 Å². The van der Waals surface area contributed by atoms with Crippen LogP contribution in [0.4, 0.5) is 35.1 Å². The normalized spacial score (nSPS) is 15.2. The first-order valence-corrected chi connectivity index (χ1v) is 4.10. The molecule has 0 unspecified atom stereocenters. The summed E-state index contributed by atoms with van der Waals surface area (Å²) in [4.78, 5) is 9.82. The van der Waals surface area contributed by atoms with Crippen LogP contribution in [-0.2, 0) is 4.79 Å². The maximum atomic E-state index is 12.7. The van der Waals surface area contributed by atoms with Gasteiger partial charge in [0.15, 0.2) is 0 Å². The molecular formula is C8H6F8O2. The summed E-state index contributed by atoms with van der Waals surface area (Å²) in [6, 6.07) is 0. The molecule has 10 heteroatoms. The summed E-state index contributed by atoms with van der Waals surface area (Å²) in [6.07, 6.45) is -1.62. The highest BCUT2D eigenvalue weighted by atomic mass is 19.4. The minimum atomic E-state index is -6.45. The van der Waals surface area contributed by atoms with Gasteiger partial charge < -0.3 is 5.11 Å². The second kappa shape index (κ2) is 4.39. The van der Waals surface area contributed by atoms with Gasteiger partial charge in [0.05, 0.1) is 0 Å². The maximum Gasteiger partial charge on any atom is 0.381 e. The molecule has 0 aliphatic rings. The minimum absolute atomic E-state index is 0.544. The van der Waals surface area contributed by atoms with E-state index in [-0.39, 0.29) is 0 Å². The zero-order valence-corrected chi connectivity index (χ0v) is 8.53. The Morgan fingerprint density at radius 2 is 1.33 bits per heavy atom. The van der Waals surface area contributed by atoms with Gasteiger partial charge in [-0.3, -0.25) is 0 Å². The van der Waals surface area contributed by atoms with Crippen LogP contribution in [0.25, 0.3) is 0 Å². The molecule has 2 nitrogen and oxygen atoms in total. The molecule has 0 bridgehead atoms. The summed E-state index contributed by atoms with van der Waals surface area (Å²) in [5.41, 5.74) is 0. The van der Waals surface area contributed by atoms with Crippen LogP contribution >= 0.6 is 0 Å². The number of aliphatic carboxylic acids is 1. The second-order valence-electron chi connectivity index (χ2n) is 3.33. The van der Waals surface area contributed by atoms with Crippen LogP contribution in [0.15, 0.2) is 12.2 Å². The van der Waals surface area contributed by atoms with Crippen molar-refractivity contribution in [2.24, 2.45) is 0 Å². The van der Waals surface area contributed by atoms with Crippen molar-refractivity contribution < 1.29 is 45.0 Å². The second-order valence-corrected chi connectivity index (χ2v) is 3.33. The Kier molecular flexibility index (Phi) is 4.06. The van der Waals surface area contributed by atoms with Gasteiger partial charge in [-0.15, -0.1) is 0 Å². The number of hydrogen-bond donors (Lipinski definition) is 1. The highest BCUT2D eigenvalue weighted by Gasteiger charge is 2.78. The first-order valence-electron chi connectivity index (χ1n) is 4.10. The van der Waals surface area contributed by atoms with E-state index < -0.39 is 48.7 Å². The van der Waals surface area contributed by atoms with E-state index in [1.807, 2.05) is 0 Å². The largest absolute Gasteiger partial charge is 0.478 e. The molecule has 0 aromatic heterocycles. The zero-order chi connectivity index (χ0) is 15.0. The van der Waals surface area contributed by atoms with Gasteiger partial charge in [-0.25, -0.2) is 4.79 Å². The summed E-state index contributed by atoms with van der Waals surface area (Å²) in [6.45, 7) is -0.655.